The van der Waals surface area contributed by atoms with Gasteiger partial charge in [-0.2, -0.15) is 0 Å². The van der Waals surface area contributed by atoms with Crippen molar-refractivity contribution in [2.75, 3.05) is 18.0 Å². The lowest BCUT2D eigenvalue weighted by Gasteiger charge is -2.25. The molecule has 8 heteroatoms. The quantitative estimate of drug-likeness (QED) is 0.514. The topological polar surface area (TPSA) is 75.7 Å². The van der Waals surface area contributed by atoms with Gasteiger partial charge in [-0.1, -0.05) is 41.9 Å². The number of carbonyl (C=O) groups is 1. The molecule has 1 atom stereocenters. The SMILES string of the molecule is COc1ccccc1[C@H](C)NC(=O)CN(c1cccc(C)c1)S(=O)(=O)c1ccc(Cl)cc1. The van der Waals surface area contributed by atoms with Crippen LogP contribution in [0.4, 0.5) is 5.69 Å². The predicted molar refractivity (Wildman–Crippen MR) is 127 cm³/mol. The number of carbonyl (C=O) groups excluding carboxylic acids is 1. The number of halogens is 1. The van der Waals surface area contributed by atoms with E-state index in [1.165, 1.54) is 24.3 Å². The zero-order chi connectivity index (χ0) is 23.3. The first-order valence-electron chi connectivity index (χ1n) is 9.99. The second-order valence-corrected chi connectivity index (χ2v) is 9.63. The molecule has 0 saturated heterocycles. The van der Waals surface area contributed by atoms with Crippen LogP contribution in [0.15, 0.2) is 77.7 Å². The predicted octanol–water partition coefficient (Wildman–Crippen LogP) is 4.73. The van der Waals surface area contributed by atoms with Crippen LogP contribution < -0.4 is 14.4 Å². The minimum atomic E-state index is -4.01. The highest BCUT2D eigenvalue weighted by molar-refractivity contribution is 7.92. The summed E-state index contributed by atoms with van der Waals surface area (Å²) in [6.07, 6.45) is 0. The maximum atomic E-state index is 13.4. The number of hydrogen-bond donors (Lipinski definition) is 1. The third kappa shape index (κ3) is 5.41. The maximum Gasteiger partial charge on any atom is 0.264 e. The average molecular weight is 473 g/mol. The molecule has 0 aliphatic carbocycles. The molecule has 1 amide bonds. The van der Waals surface area contributed by atoms with Crippen LogP contribution in [0, 0.1) is 6.92 Å². The summed E-state index contributed by atoms with van der Waals surface area (Å²) in [4.78, 5) is 13.0. The second-order valence-electron chi connectivity index (χ2n) is 7.34. The second kappa shape index (κ2) is 10.1. The first-order chi connectivity index (χ1) is 15.2. The van der Waals surface area contributed by atoms with Crippen LogP contribution >= 0.6 is 11.6 Å². The molecule has 6 nitrogen and oxygen atoms in total. The van der Waals surface area contributed by atoms with Gasteiger partial charge in [-0.15, -0.1) is 0 Å². The van der Waals surface area contributed by atoms with Gasteiger partial charge in [-0.05, 0) is 61.9 Å². The molecule has 0 aliphatic heterocycles. The van der Waals surface area contributed by atoms with E-state index in [1.54, 1.807) is 25.3 Å². The molecule has 0 aromatic heterocycles. The van der Waals surface area contributed by atoms with Crippen molar-refractivity contribution in [1.29, 1.82) is 0 Å². The van der Waals surface area contributed by atoms with Crippen molar-refractivity contribution in [3.05, 3.63) is 88.9 Å². The summed E-state index contributed by atoms with van der Waals surface area (Å²) in [7, 11) is -2.45. The van der Waals surface area contributed by atoms with Crippen molar-refractivity contribution in [3.63, 3.8) is 0 Å². The molecule has 3 aromatic rings. The molecule has 168 valence electrons. The Morgan fingerprint density at radius 2 is 1.75 bits per heavy atom. The highest BCUT2D eigenvalue weighted by Crippen LogP contribution is 2.27. The average Bonchev–Trinajstić information content (AvgIpc) is 2.77. The summed E-state index contributed by atoms with van der Waals surface area (Å²) in [5.74, 6) is 0.201. The molecule has 0 radical (unpaired) electrons. The van der Waals surface area contributed by atoms with E-state index in [1.807, 2.05) is 44.2 Å². The van der Waals surface area contributed by atoms with E-state index in [0.717, 1.165) is 15.4 Å². The van der Waals surface area contributed by atoms with E-state index in [0.29, 0.717) is 16.5 Å². The van der Waals surface area contributed by atoms with E-state index in [9.17, 15) is 13.2 Å². The number of aryl methyl sites for hydroxylation is 1. The molecule has 0 spiro atoms. The van der Waals surface area contributed by atoms with Gasteiger partial charge in [0.15, 0.2) is 0 Å². The molecule has 0 bridgehead atoms. The van der Waals surface area contributed by atoms with Crippen molar-refractivity contribution in [1.82, 2.24) is 5.32 Å². The molecule has 0 heterocycles. The van der Waals surface area contributed by atoms with Gasteiger partial charge >= 0.3 is 0 Å². The Kier molecular flexibility index (Phi) is 7.43. The van der Waals surface area contributed by atoms with Gasteiger partial charge in [-0.25, -0.2) is 8.42 Å². The number of para-hydroxylation sites is 1. The summed E-state index contributed by atoms with van der Waals surface area (Å²) in [6, 6.07) is 19.8. The highest BCUT2D eigenvalue weighted by Gasteiger charge is 2.28. The van der Waals surface area contributed by atoms with E-state index >= 15 is 0 Å². The van der Waals surface area contributed by atoms with Crippen molar-refractivity contribution in [2.24, 2.45) is 0 Å². The number of hydrogen-bond acceptors (Lipinski definition) is 4. The first-order valence-corrected chi connectivity index (χ1v) is 11.8. The fourth-order valence-corrected chi connectivity index (χ4v) is 4.89. The molecular formula is C24H25ClN2O4S. The maximum absolute atomic E-state index is 13.4. The largest absolute Gasteiger partial charge is 0.496 e. The van der Waals surface area contributed by atoms with Gasteiger partial charge in [0.25, 0.3) is 10.0 Å². The number of anilines is 1. The van der Waals surface area contributed by atoms with Crippen LogP contribution in [0.3, 0.4) is 0 Å². The first kappa shape index (κ1) is 23.6. The van der Waals surface area contributed by atoms with Crippen LogP contribution in [-0.2, 0) is 14.8 Å². The number of ether oxygens (including phenoxy) is 1. The Morgan fingerprint density at radius 3 is 2.41 bits per heavy atom. The van der Waals surface area contributed by atoms with Crippen LogP contribution in [-0.4, -0.2) is 28.0 Å². The normalized spacial score (nSPS) is 12.1. The smallest absolute Gasteiger partial charge is 0.264 e. The Bertz CT molecular complexity index is 1200. The van der Waals surface area contributed by atoms with Crippen LogP contribution in [0.5, 0.6) is 5.75 Å². The number of sulfonamides is 1. The monoisotopic (exact) mass is 472 g/mol. The summed E-state index contributed by atoms with van der Waals surface area (Å²) >= 11 is 5.92. The van der Waals surface area contributed by atoms with Gasteiger partial charge in [0.05, 0.1) is 23.7 Å². The van der Waals surface area contributed by atoms with Gasteiger partial charge in [0.1, 0.15) is 12.3 Å². The molecule has 0 aliphatic rings. The number of benzene rings is 3. The van der Waals surface area contributed by atoms with Crippen molar-refractivity contribution >= 4 is 33.2 Å². The van der Waals surface area contributed by atoms with Crippen LogP contribution in [0.1, 0.15) is 24.1 Å². The van der Waals surface area contributed by atoms with E-state index in [2.05, 4.69) is 5.32 Å². The number of nitrogens with zero attached hydrogens (tertiary/aromatic N) is 1. The summed E-state index contributed by atoms with van der Waals surface area (Å²) in [5, 5.41) is 3.30. The molecule has 32 heavy (non-hydrogen) atoms. The van der Waals surface area contributed by atoms with E-state index in [4.69, 9.17) is 16.3 Å². The Hall–Kier alpha value is -3.03. The molecule has 3 rings (SSSR count). The molecule has 0 saturated carbocycles. The van der Waals surface area contributed by atoms with E-state index < -0.39 is 15.9 Å². The van der Waals surface area contributed by atoms with E-state index in [-0.39, 0.29) is 17.5 Å². The lowest BCUT2D eigenvalue weighted by Crippen LogP contribution is -2.41. The molecule has 1 N–H and O–H groups in total. The molecule has 3 aromatic carbocycles. The Balaban J connectivity index is 1.90. The number of amides is 1. The third-order valence-corrected chi connectivity index (χ3v) is 7.00. The number of nitrogens with one attached hydrogen (secondary N) is 1. The number of methoxy groups -OCH3 is 1. The zero-order valence-electron chi connectivity index (χ0n) is 18.1. The summed E-state index contributed by atoms with van der Waals surface area (Å²) in [6.45, 7) is 3.30. The van der Waals surface area contributed by atoms with Crippen LogP contribution in [0.2, 0.25) is 5.02 Å². The zero-order valence-corrected chi connectivity index (χ0v) is 19.7. The summed E-state index contributed by atoms with van der Waals surface area (Å²) in [5.41, 5.74) is 2.08. The standard InChI is InChI=1S/C24H25ClN2O4S/c1-17-7-6-8-20(15-17)27(32(29,30)21-13-11-19(25)12-14-21)16-24(28)26-18(2)22-9-4-5-10-23(22)31-3/h4-15,18H,16H2,1-3H3,(H,26,28)/t18-/m0/s1. The fourth-order valence-electron chi connectivity index (χ4n) is 3.35. The Labute approximate surface area is 193 Å². The van der Waals surface area contributed by atoms with Gasteiger partial charge in [0.2, 0.25) is 5.91 Å². The lowest BCUT2D eigenvalue weighted by atomic mass is 10.1. The lowest BCUT2D eigenvalue weighted by molar-refractivity contribution is -0.120. The number of rotatable bonds is 8. The molecule has 0 fully saturated rings. The fraction of sp³-hybridized carbons (Fsp3) is 0.208. The minimum absolute atomic E-state index is 0.0500. The van der Waals surface area contributed by atoms with Gasteiger partial charge in [0, 0.05) is 10.6 Å². The van der Waals surface area contributed by atoms with Gasteiger partial charge in [-0.3, -0.25) is 9.10 Å². The highest BCUT2D eigenvalue weighted by atomic mass is 35.5. The Morgan fingerprint density at radius 1 is 1.06 bits per heavy atom. The van der Waals surface area contributed by atoms with Crippen molar-refractivity contribution < 1.29 is 17.9 Å². The van der Waals surface area contributed by atoms with Crippen molar-refractivity contribution in [3.8, 4) is 5.75 Å². The van der Waals surface area contributed by atoms with Crippen molar-refractivity contribution in [2.45, 2.75) is 24.8 Å². The minimum Gasteiger partial charge on any atom is -0.496 e. The molecular weight excluding hydrogens is 448 g/mol. The van der Waals surface area contributed by atoms with Gasteiger partial charge < -0.3 is 10.1 Å². The summed E-state index contributed by atoms with van der Waals surface area (Å²) < 4.78 is 33.3. The third-order valence-electron chi connectivity index (χ3n) is 4.96. The van der Waals surface area contributed by atoms with Crippen LogP contribution in [0.25, 0.3) is 0 Å². The molecule has 0 unspecified atom stereocenters.